The SMILES string of the molecule is OCc1ccccc1OCC1(O)CCC1. The minimum absolute atomic E-state index is 0.0331. The number of aliphatic hydroxyl groups excluding tert-OH is 1. The Labute approximate surface area is 89.3 Å². The lowest BCUT2D eigenvalue weighted by Crippen LogP contribution is -2.42. The van der Waals surface area contributed by atoms with Gasteiger partial charge in [0.1, 0.15) is 12.4 Å². The zero-order valence-electron chi connectivity index (χ0n) is 8.65. The van der Waals surface area contributed by atoms with Gasteiger partial charge < -0.3 is 14.9 Å². The van der Waals surface area contributed by atoms with Crippen LogP contribution in [0.4, 0.5) is 0 Å². The molecule has 15 heavy (non-hydrogen) atoms. The molecule has 0 radical (unpaired) electrons. The molecule has 0 saturated heterocycles. The molecule has 0 amide bonds. The molecule has 0 spiro atoms. The lowest BCUT2D eigenvalue weighted by atomic mass is 9.81. The van der Waals surface area contributed by atoms with Crippen molar-refractivity contribution < 1.29 is 14.9 Å². The van der Waals surface area contributed by atoms with Crippen LogP contribution in [0.2, 0.25) is 0 Å². The minimum Gasteiger partial charge on any atom is -0.490 e. The highest BCUT2D eigenvalue weighted by Gasteiger charge is 2.35. The summed E-state index contributed by atoms with van der Waals surface area (Å²) in [4.78, 5) is 0. The summed E-state index contributed by atoms with van der Waals surface area (Å²) in [6.07, 6.45) is 2.70. The van der Waals surface area contributed by atoms with E-state index in [2.05, 4.69) is 0 Å². The van der Waals surface area contributed by atoms with E-state index in [4.69, 9.17) is 9.84 Å². The Morgan fingerprint density at radius 2 is 2.00 bits per heavy atom. The molecule has 0 heterocycles. The second-order valence-electron chi connectivity index (χ2n) is 4.13. The van der Waals surface area contributed by atoms with Gasteiger partial charge in [0, 0.05) is 5.56 Å². The molecule has 0 unspecified atom stereocenters. The van der Waals surface area contributed by atoms with Crippen LogP contribution in [0.5, 0.6) is 5.75 Å². The predicted octanol–water partition coefficient (Wildman–Crippen LogP) is 1.47. The Balaban J connectivity index is 1.98. The molecule has 1 aliphatic rings. The lowest BCUT2D eigenvalue weighted by molar-refractivity contribution is -0.0666. The number of para-hydroxylation sites is 1. The third-order valence-electron chi connectivity index (χ3n) is 2.92. The summed E-state index contributed by atoms with van der Waals surface area (Å²) in [5, 5.41) is 18.9. The zero-order chi connectivity index (χ0) is 10.7. The summed E-state index contributed by atoms with van der Waals surface area (Å²) in [7, 11) is 0. The Kier molecular flexibility index (Phi) is 2.93. The maximum Gasteiger partial charge on any atom is 0.124 e. The van der Waals surface area contributed by atoms with E-state index in [1.807, 2.05) is 24.3 Å². The van der Waals surface area contributed by atoms with Crippen molar-refractivity contribution in [3.8, 4) is 5.75 Å². The zero-order valence-corrected chi connectivity index (χ0v) is 8.65. The van der Waals surface area contributed by atoms with E-state index >= 15 is 0 Å². The maximum absolute atomic E-state index is 9.85. The maximum atomic E-state index is 9.85. The van der Waals surface area contributed by atoms with Crippen molar-refractivity contribution in [2.24, 2.45) is 0 Å². The highest BCUT2D eigenvalue weighted by atomic mass is 16.5. The molecule has 1 aromatic carbocycles. The number of hydrogen-bond acceptors (Lipinski definition) is 3. The van der Waals surface area contributed by atoms with Gasteiger partial charge in [0.25, 0.3) is 0 Å². The molecule has 0 bridgehead atoms. The van der Waals surface area contributed by atoms with E-state index in [9.17, 15) is 5.11 Å². The van der Waals surface area contributed by atoms with Crippen LogP contribution in [0.1, 0.15) is 24.8 Å². The average Bonchev–Trinajstić information content (AvgIpc) is 2.24. The topological polar surface area (TPSA) is 49.7 Å². The summed E-state index contributed by atoms with van der Waals surface area (Å²) in [6, 6.07) is 7.35. The van der Waals surface area contributed by atoms with Crippen LogP contribution in [0, 0.1) is 0 Å². The van der Waals surface area contributed by atoms with E-state index in [0.29, 0.717) is 12.4 Å². The number of ether oxygens (including phenoxy) is 1. The van der Waals surface area contributed by atoms with Crippen molar-refractivity contribution in [2.75, 3.05) is 6.61 Å². The van der Waals surface area contributed by atoms with Crippen LogP contribution in [0.15, 0.2) is 24.3 Å². The third kappa shape index (κ3) is 2.30. The molecule has 1 saturated carbocycles. The first-order valence-electron chi connectivity index (χ1n) is 5.27. The summed E-state index contributed by atoms with van der Waals surface area (Å²) in [6.45, 7) is 0.290. The minimum atomic E-state index is -0.636. The first kappa shape index (κ1) is 10.5. The van der Waals surface area contributed by atoms with Crippen LogP contribution >= 0.6 is 0 Å². The average molecular weight is 208 g/mol. The van der Waals surface area contributed by atoms with Gasteiger partial charge in [-0.2, -0.15) is 0 Å². The van der Waals surface area contributed by atoms with Gasteiger partial charge in [-0.3, -0.25) is 0 Å². The van der Waals surface area contributed by atoms with Crippen LogP contribution in [0.25, 0.3) is 0 Å². The number of aliphatic hydroxyl groups is 2. The number of benzene rings is 1. The standard InChI is InChI=1S/C12H16O3/c13-8-10-4-1-2-5-11(10)15-9-12(14)6-3-7-12/h1-2,4-5,13-14H,3,6-9H2. The van der Waals surface area contributed by atoms with Gasteiger partial charge in [0.05, 0.1) is 12.2 Å². The molecular formula is C12H16O3. The van der Waals surface area contributed by atoms with Crippen molar-refractivity contribution in [1.29, 1.82) is 0 Å². The normalized spacial score (nSPS) is 18.3. The molecule has 0 aliphatic heterocycles. The third-order valence-corrected chi connectivity index (χ3v) is 2.92. The van der Waals surface area contributed by atoms with Crippen molar-refractivity contribution in [3.05, 3.63) is 29.8 Å². The van der Waals surface area contributed by atoms with Gasteiger partial charge >= 0.3 is 0 Å². The van der Waals surface area contributed by atoms with Crippen molar-refractivity contribution in [2.45, 2.75) is 31.5 Å². The summed E-state index contributed by atoms with van der Waals surface area (Å²) in [5.41, 5.74) is 0.128. The second kappa shape index (κ2) is 4.21. The van der Waals surface area contributed by atoms with Crippen molar-refractivity contribution in [3.63, 3.8) is 0 Å². The van der Waals surface area contributed by atoms with Gasteiger partial charge in [-0.05, 0) is 25.3 Å². The Morgan fingerprint density at radius 3 is 2.60 bits per heavy atom. The molecule has 3 heteroatoms. The van der Waals surface area contributed by atoms with Gasteiger partial charge in [0.2, 0.25) is 0 Å². The van der Waals surface area contributed by atoms with Gasteiger partial charge in [0.15, 0.2) is 0 Å². The molecule has 1 aromatic rings. The predicted molar refractivity (Wildman–Crippen MR) is 56.7 cm³/mol. The fourth-order valence-corrected chi connectivity index (χ4v) is 1.72. The van der Waals surface area contributed by atoms with Crippen LogP contribution in [-0.4, -0.2) is 22.4 Å². The molecule has 2 rings (SSSR count). The van der Waals surface area contributed by atoms with Crippen molar-refractivity contribution >= 4 is 0 Å². The van der Waals surface area contributed by atoms with E-state index in [-0.39, 0.29) is 6.61 Å². The van der Waals surface area contributed by atoms with Crippen LogP contribution in [-0.2, 0) is 6.61 Å². The Hall–Kier alpha value is -1.06. The quantitative estimate of drug-likeness (QED) is 0.787. The summed E-state index contributed by atoms with van der Waals surface area (Å²) in [5.74, 6) is 0.667. The fourth-order valence-electron chi connectivity index (χ4n) is 1.72. The number of hydrogen-bond donors (Lipinski definition) is 2. The van der Waals surface area contributed by atoms with E-state index in [1.165, 1.54) is 0 Å². The lowest BCUT2D eigenvalue weighted by Gasteiger charge is -2.36. The van der Waals surface area contributed by atoms with E-state index < -0.39 is 5.60 Å². The van der Waals surface area contributed by atoms with E-state index in [0.717, 1.165) is 24.8 Å². The van der Waals surface area contributed by atoms with Gasteiger partial charge in [-0.25, -0.2) is 0 Å². The number of rotatable bonds is 4. The largest absolute Gasteiger partial charge is 0.490 e. The van der Waals surface area contributed by atoms with Crippen molar-refractivity contribution in [1.82, 2.24) is 0 Å². The molecule has 1 fully saturated rings. The van der Waals surface area contributed by atoms with Crippen LogP contribution < -0.4 is 4.74 Å². The molecule has 0 atom stereocenters. The molecule has 3 nitrogen and oxygen atoms in total. The first-order valence-corrected chi connectivity index (χ1v) is 5.27. The van der Waals surface area contributed by atoms with Gasteiger partial charge in [-0.15, -0.1) is 0 Å². The van der Waals surface area contributed by atoms with Gasteiger partial charge in [-0.1, -0.05) is 18.2 Å². The second-order valence-corrected chi connectivity index (χ2v) is 4.13. The molecule has 1 aliphatic carbocycles. The fraction of sp³-hybridized carbons (Fsp3) is 0.500. The Morgan fingerprint density at radius 1 is 1.27 bits per heavy atom. The first-order chi connectivity index (χ1) is 7.23. The Bertz CT molecular complexity index is 331. The smallest absolute Gasteiger partial charge is 0.124 e. The molecule has 2 N–H and O–H groups in total. The van der Waals surface area contributed by atoms with Crippen LogP contribution in [0.3, 0.4) is 0 Å². The molecular weight excluding hydrogens is 192 g/mol. The highest BCUT2D eigenvalue weighted by Crippen LogP contribution is 2.32. The summed E-state index contributed by atoms with van der Waals surface area (Å²) < 4.78 is 5.52. The summed E-state index contributed by atoms with van der Waals surface area (Å²) >= 11 is 0. The highest BCUT2D eigenvalue weighted by molar-refractivity contribution is 5.32. The van der Waals surface area contributed by atoms with E-state index in [1.54, 1.807) is 0 Å². The molecule has 0 aromatic heterocycles. The molecule has 82 valence electrons. The monoisotopic (exact) mass is 208 g/mol.